The first-order chi connectivity index (χ1) is 18.1. The fraction of sp³-hybridized carbons (Fsp3) is 0.367. The van der Waals surface area contributed by atoms with Crippen molar-refractivity contribution in [2.75, 3.05) is 26.2 Å². The van der Waals surface area contributed by atoms with Gasteiger partial charge in [0.1, 0.15) is 11.3 Å². The van der Waals surface area contributed by atoms with Crippen molar-refractivity contribution in [3.63, 3.8) is 0 Å². The van der Waals surface area contributed by atoms with Crippen molar-refractivity contribution in [1.82, 2.24) is 19.7 Å². The van der Waals surface area contributed by atoms with E-state index >= 15 is 0 Å². The molecular weight excluding hydrogens is 464 g/mol. The van der Waals surface area contributed by atoms with Gasteiger partial charge in [-0.15, -0.1) is 0 Å². The van der Waals surface area contributed by atoms with Gasteiger partial charge in [-0.1, -0.05) is 48.5 Å². The van der Waals surface area contributed by atoms with Crippen molar-refractivity contribution in [2.45, 2.75) is 44.8 Å². The Kier molecular flexibility index (Phi) is 7.51. The number of hydrogen-bond acceptors (Lipinski definition) is 5. The molecule has 1 spiro atoms. The van der Waals surface area contributed by atoms with Crippen LogP contribution in [0.15, 0.2) is 79.1 Å². The Morgan fingerprint density at radius 3 is 2.27 bits per heavy atom. The topological polar surface area (TPSA) is 66.0 Å². The van der Waals surface area contributed by atoms with E-state index in [-0.39, 0.29) is 18.5 Å². The lowest BCUT2D eigenvalue weighted by molar-refractivity contribution is -0.136. The Hall–Kier alpha value is -3.71. The van der Waals surface area contributed by atoms with Crippen LogP contribution in [0.25, 0.3) is 0 Å². The van der Waals surface area contributed by atoms with Gasteiger partial charge < -0.3 is 9.64 Å². The number of rotatable bonds is 9. The van der Waals surface area contributed by atoms with Gasteiger partial charge in [-0.25, -0.2) is 4.79 Å². The van der Waals surface area contributed by atoms with Gasteiger partial charge >= 0.3 is 6.03 Å². The van der Waals surface area contributed by atoms with Crippen LogP contribution in [-0.2, 0) is 24.3 Å². The first-order valence-electron chi connectivity index (χ1n) is 13.1. The molecule has 2 aromatic carbocycles. The van der Waals surface area contributed by atoms with Gasteiger partial charge in [0.05, 0.1) is 13.2 Å². The minimum atomic E-state index is -0.788. The van der Waals surface area contributed by atoms with Gasteiger partial charge in [-0.05, 0) is 61.1 Å². The van der Waals surface area contributed by atoms with Gasteiger partial charge in [0.15, 0.2) is 0 Å². The fourth-order valence-corrected chi connectivity index (χ4v) is 5.47. The van der Waals surface area contributed by atoms with Crippen molar-refractivity contribution in [3.8, 4) is 5.75 Å². The number of benzene rings is 2. The number of urea groups is 1. The normalized spacial score (nSPS) is 17.5. The Labute approximate surface area is 218 Å². The third-order valence-electron chi connectivity index (χ3n) is 7.48. The number of ether oxygens (including phenoxy) is 1. The van der Waals surface area contributed by atoms with Crippen molar-refractivity contribution in [3.05, 3.63) is 95.8 Å². The summed E-state index contributed by atoms with van der Waals surface area (Å²) < 4.78 is 5.56. The average Bonchev–Trinajstić information content (AvgIpc) is 3.12. The molecule has 1 aromatic heterocycles. The van der Waals surface area contributed by atoms with Gasteiger partial charge in [-0.2, -0.15) is 0 Å². The van der Waals surface area contributed by atoms with E-state index < -0.39 is 5.54 Å². The van der Waals surface area contributed by atoms with Crippen LogP contribution in [-0.4, -0.2) is 63.4 Å². The standard InChI is InChI=1S/C30H34N4O3/c1-2-37-27-12-10-25(11-13-27)22-32-19-15-30(16-20-32)28(35)33(23-26-9-6-17-31-21-26)29(36)34(30)18-14-24-7-4-3-5-8-24/h3-13,17,21H,2,14-16,18-20,22-23H2,1H3. The van der Waals surface area contributed by atoms with E-state index in [4.69, 9.17) is 4.74 Å². The first kappa shape index (κ1) is 25.0. The fourth-order valence-electron chi connectivity index (χ4n) is 5.47. The third-order valence-corrected chi connectivity index (χ3v) is 7.48. The Bertz CT molecular complexity index is 1190. The summed E-state index contributed by atoms with van der Waals surface area (Å²) in [4.78, 5) is 37.4. The predicted octanol–water partition coefficient (Wildman–Crippen LogP) is 4.52. The molecule has 0 unspecified atom stereocenters. The molecule has 2 aliphatic rings. The number of carbonyl (C=O) groups excluding carboxylic acids is 2. The van der Waals surface area contributed by atoms with E-state index in [0.717, 1.165) is 42.9 Å². The number of aromatic nitrogens is 1. The summed E-state index contributed by atoms with van der Waals surface area (Å²) in [5.41, 5.74) is 2.45. The highest BCUT2D eigenvalue weighted by molar-refractivity contribution is 6.07. The highest BCUT2D eigenvalue weighted by Gasteiger charge is 2.57. The molecule has 3 aromatic rings. The summed E-state index contributed by atoms with van der Waals surface area (Å²) in [6.07, 6.45) is 5.41. The Morgan fingerprint density at radius 1 is 0.865 bits per heavy atom. The van der Waals surface area contributed by atoms with Crippen LogP contribution in [0.1, 0.15) is 36.5 Å². The van der Waals surface area contributed by atoms with Crippen LogP contribution in [0.3, 0.4) is 0 Å². The third kappa shape index (κ3) is 5.37. The minimum absolute atomic E-state index is 0.0740. The lowest BCUT2D eigenvalue weighted by Crippen LogP contribution is -2.56. The van der Waals surface area contributed by atoms with Crippen LogP contribution < -0.4 is 4.74 Å². The molecule has 0 atom stereocenters. The molecule has 0 saturated carbocycles. The summed E-state index contributed by atoms with van der Waals surface area (Å²) in [5.74, 6) is 0.803. The molecule has 37 heavy (non-hydrogen) atoms. The predicted molar refractivity (Wildman–Crippen MR) is 142 cm³/mol. The van der Waals surface area contributed by atoms with E-state index in [1.807, 2.05) is 54.3 Å². The first-order valence-corrected chi connectivity index (χ1v) is 13.1. The maximum absolute atomic E-state index is 13.9. The maximum Gasteiger partial charge on any atom is 0.328 e. The van der Waals surface area contributed by atoms with Crippen molar-refractivity contribution < 1.29 is 14.3 Å². The molecule has 2 fully saturated rings. The Morgan fingerprint density at radius 2 is 1.59 bits per heavy atom. The van der Waals surface area contributed by atoms with Crippen LogP contribution >= 0.6 is 0 Å². The van der Waals surface area contributed by atoms with E-state index in [0.29, 0.717) is 26.0 Å². The van der Waals surface area contributed by atoms with E-state index in [1.165, 1.54) is 10.5 Å². The molecule has 192 valence electrons. The molecule has 0 aliphatic carbocycles. The quantitative estimate of drug-likeness (QED) is 0.406. The van der Waals surface area contributed by atoms with Gasteiger partial charge in [0, 0.05) is 38.6 Å². The van der Waals surface area contributed by atoms with Crippen molar-refractivity contribution >= 4 is 11.9 Å². The van der Waals surface area contributed by atoms with Crippen LogP contribution in [0, 0.1) is 0 Å². The Balaban J connectivity index is 1.31. The number of imide groups is 1. The number of nitrogens with zero attached hydrogens (tertiary/aromatic N) is 4. The maximum atomic E-state index is 13.9. The average molecular weight is 499 g/mol. The number of hydrogen-bond donors (Lipinski definition) is 0. The summed E-state index contributed by atoms with van der Waals surface area (Å²) in [6, 6.07) is 21.9. The van der Waals surface area contributed by atoms with Crippen LogP contribution in [0.2, 0.25) is 0 Å². The summed E-state index contributed by atoms with van der Waals surface area (Å²) >= 11 is 0. The zero-order chi connectivity index (χ0) is 25.7. The lowest BCUT2D eigenvalue weighted by Gasteiger charge is -2.42. The van der Waals surface area contributed by atoms with Gasteiger partial charge in [-0.3, -0.25) is 19.6 Å². The number of amides is 3. The van der Waals surface area contributed by atoms with Crippen molar-refractivity contribution in [1.29, 1.82) is 0 Å². The van der Waals surface area contributed by atoms with E-state index in [2.05, 4.69) is 34.1 Å². The molecule has 0 bridgehead atoms. The molecule has 0 N–H and O–H groups in total. The molecule has 2 aliphatic heterocycles. The molecule has 7 nitrogen and oxygen atoms in total. The molecule has 3 heterocycles. The second-order valence-corrected chi connectivity index (χ2v) is 9.81. The number of likely N-dealkylation sites (tertiary alicyclic amines) is 1. The summed E-state index contributed by atoms with van der Waals surface area (Å²) in [7, 11) is 0. The summed E-state index contributed by atoms with van der Waals surface area (Å²) in [5, 5.41) is 0. The smallest absolute Gasteiger partial charge is 0.328 e. The molecule has 3 amide bonds. The number of piperidine rings is 1. The van der Waals surface area contributed by atoms with E-state index in [1.54, 1.807) is 12.4 Å². The number of pyridine rings is 1. The molecule has 2 saturated heterocycles. The second kappa shape index (κ2) is 11.1. The van der Waals surface area contributed by atoms with Crippen LogP contribution in [0.5, 0.6) is 5.75 Å². The zero-order valence-corrected chi connectivity index (χ0v) is 21.4. The largest absolute Gasteiger partial charge is 0.494 e. The van der Waals surface area contributed by atoms with Crippen LogP contribution in [0.4, 0.5) is 4.79 Å². The molecule has 0 radical (unpaired) electrons. The molecular formula is C30H34N4O3. The van der Waals surface area contributed by atoms with Gasteiger partial charge in [0.2, 0.25) is 0 Å². The minimum Gasteiger partial charge on any atom is -0.494 e. The number of carbonyl (C=O) groups is 2. The highest BCUT2D eigenvalue weighted by Crippen LogP contribution is 2.38. The van der Waals surface area contributed by atoms with Gasteiger partial charge in [0.25, 0.3) is 5.91 Å². The molecule has 5 rings (SSSR count). The monoisotopic (exact) mass is 498 g/mol. The van der Waals surface area contributed by atoms with Crippen molar-refractivity contribution in [2.24, 2.45) is 0 Å². The SMILES string of the molecule is CCOc1ccc(CN2CCC3(CC2)C(=O)N(Cc2cccnc2)C(=O)N3CCc2ccccc2)cc1. The zero-order valence-electron chi connectivity index (χ0n) is 21.4. The summed E-state index contributed by atoms with van der Waals surface area (Å²) in [6.45, 7) is 5.74. The highest BCUT2D eigenvalue weighted by atomic mass is 16.5. The molecule has 7 heteroatoms. The second-order valence-electron chi connectivity index (χ2n) is 9.81. The van der Waals surface area contributed by atoms with E-state index in [9.17, 15) is 9.59 Å². The lowest BCUT2D eigenvalue weighted by atomic mass is 9.85.